The Bertz CT molecular complexity index is 949. The molecule has 1 saturated heterocycles. The number of carbonyl (C=O) groups is 2. The predicted octanol–water partition coefficient (Wildman–Crippen LogP) is 3.65. The third-order valence-corrected chi connectivity index (χ3v) is 5.71. The van der Waals surface area contributed by atoms with Crippen LogP contribution in [0.2, 0.25) is 0 Å². The highest BCUT2D eigenvalue weighted by atomic mass is 32.1. The number of rotatable bonds is 4. The summed E-state index contributed by atoms with van der Waals surface area (Å²) in [7, 11) is 1.41. The second kappa shape index (κ2) is 9.01. The minimum Gasteiger partial charge on any atom is -0.436 e. The van der Waals surface area contributed by atoms with Crippen LogP contribution in [0.25, 0.3) is 0 Å². The zero-order valence-corrected chi connectivity index (χ0v) is 16.5. The number of hydrogen-bond acceptors (Lipinski definition) is 5. The summed E-state index contributed by atoms with van der Waals surface area (Å²) in [6, 6.07) is 3.04. The molecule has 29 heavy (non-hydrogen) atoms. The van der Waals surface area contributed by atoms with Crippen molar-refractivity contribution in [1.29, 1.82) is 0 Å². The number of piperidine rings is 1. The van der Waals surface area contributed by atoms with Crippen LogP contribution in [0.5, 0.6) is 0 Å². The summed E-state index contributed by atoms with van der Waals surface area (Å²) in [5.74, 6) is 0.365. The van der Waals surface area contributed by atoms with E-state index in [-0.39, 0.29) is 23.9 Å². The van der Waals surface area contributed by atoms with Crippen LogP contribution in [-0.2, 0) is 4.74 Å². The predicted molar refractivity (Wildman–Crippen MR) is 105 cm³/mol. The SMILES string of the molecule is C#CCOC(=O)N1CCC(c2nc(C(=O)N(C)c3ccc(F)cc3F)cs2)CC1. The lowest BCUT2D eigenvalue weighted by Gasteiger charge is -2.30. The summed E-state index contributed by atoms with van der Waals surface area (Å²) in [5, 5.41) is 2.42. The standard InChI is InChI=1S/C20H19F2N3O3S/c1-3-10-28-20(27)25-8-6-13(7-9-25)18-23-16(12-29-18)19(26)24(2)17-5-4-14(21)11-15(17)22/h1,4-5,11-13H,6-10H2,2H3. The van der Waals surface area contributed by atoms with Crippen molar-refractivity contribution in [3.63, 3.8) is 0 Å². The lowest BCUT2D eigenvalue weighted by atomic mass is 9.98. The Morgan fingerprint density at radius 1 is 1.38 bits per heavy atom. The molecule has 3 rings (SSSR count). The van der Waals surface area contributed by atoms with E-state index < -0.39 is 23.6 Å². The third-order valence-electron chi connectivity index (χ3n) is 4.70. The molecule has 0 aliphatic carbocycles. The smallest absolute Gasteiger partial charge is 0.410 e. The molecule has 0 atom stereocenters. The lowest BCUT2D eigenvalue weighted by Crippen LogP contribution is -2.38. The average Bonchev–Trinajstić information content (AvgIpc) is 3.21. The largest absolute Gasteiger partial charge is 0.436 e. The van der Waals surface area contributed by atoms with E-state index in [2.05, 4.69) is 10.9 Å². The summed E-state index contributed by atoms with van der Waals surface area (Å²) in [5.41, 5.74) is 0.178. The maximum atomic E-state index is 13.9. The van der Waals surface area contributed by atoms with E-state index in [1.54, 1.807) is 10.3 Å². The molecule has 0 bridgehead atoms. The van der Waals surface area contributed by atoms with Crippen molar-refractivity contribution in [1.82, 2.24) is 9.88 Å². The van der Waals surface area contributed by atoms with E-state index in [1.807, 2.05) is 0 Å². The molecule has 0 N–H and O–H groups in total. The van der Waals surface area contributed by atoms with Crippen molar-refractivity contribution in [2.75, 3.05) is 31.6 Å². The van der Waals surface area contributed by atoms with Gasteiger partial charge in [-0.05, 0) is 25.0 Å². The Balaban J connectivity index is 1.63. The van der Waals surface area contributed by atoms with Gasteiger partial charge in [0, 0.05) is 37.5 Å². The lowest BCUT2D eigenvalue weighted by molar-refractivity contribution is 0.0987. The number of amides is 2. The van der Waals surface area contributed by atoms with Crippen LogP contribution in [-0.4, -0.2) is 48.6 Å². The summed E-state index contributed by atoms with van der Waals surface area (Å²) in [6.07, 6.45) is 6.03. The Labute approximate surface area is 171 Å². The monoisotopic (exact) mass is 419 g/mol. The molecule has 2 amide bonds. The van der Waals surface area contributed by atoms with Gasteiger partial charge in [0.25, 0.3) is 5.91 Å². The highest BCUT2D eigenvalue weighted by Gasteiger charge is 2.28. The summed E-state index contributed by atoms with van der Waals surface area (Å²) < 4.78 is 32.0. The fraction of sp³-hybridized carbons (Fsp3) is 0.350. The van der Waals surface area contributed by atoms with Crippen LogP contribution in [0, 0.1) is 24.0 Å². The van der Waals surface area contributed by atoms with E-state index >= 15 is 0 Å². The first-order valence-electron chi connectivity index (χ1n) is 8.94. The number of ether oxygens (including phenoxy) is 1. The first kappa shape index (κ1) is 20.7. The van der Waals surface area contributed by atoms with Gasteiger partial charge in [0.2, 0.25) is 0 Å². The normalized spacial score (nSPS) is 14.3. The number of likely N-dealkylation sites (tertiary alicyclic amines) is 1. The van der Waals surface area contributed by atoms with Gasteiger partial charge in [-0.2, -0.15) is 0 Å². The molecule has 0 radical (unpaired) electrons. The number of carbonyl (C=O) groups excluding carboxylic acids is 2. The van der Waals surface area contributed by atoms with E-state index in [4.69, 9.17) is 11.2 Å². The first-order chi connectivity index (χ1) is 13.9. The number of benzene rings is 1. The van der Waals surface area contributed by atoms with Gasteiger partial charge in [-0.25, -0.2) is 18.6 Å². The Kier molecular flexibility index (Phi) is 6.44. The first-order valence-corrected chi connectivity index (χ1v) is 9.82. The number of nitrogens with zero attached hydrogens (tertiary/aromatic N) is 3. The van der Waals surface area contributed by atoms with Crippen molar-refractivity contribution in [3.8, 4) is 12.3 Å². The molecule has 2 aromatic rings. The maximum absolute atomic E-state index is 13.9. The van der Waals surface area contributed by atoms with E-state index in [0.29, 0.717) is 25.9 Å². The molecule has 0 spiro atoms. The number of halogens is 2. The molecule has 0 saturated carbocycles. The van der Waals surface area contributed by atoms with Crippen molar-refractivity contribution in [2.45, 2.75) is 18.8 Å². The molecule has 1 aromatic heterocycles. The van der Waals surface area contributed by atoms with Gasteiger partial charge in [-0.15, -0.1) is 17.8 Å². The molecule has 1 aliphatic rings. The fourth-order valence-electron chi connectivity index (χ4n) is 3.11. The van der Waals surface area contributed by atoms with E-state index in [9.17, 15) is 18.4 Å². The van der Waals surface area contributed by atoms with E-state index in [1.165, 1.54) is 24.5 Å². The zero-order chi connectivity index (χ0) is 21.0. The van der Waals surface area contributed by atoms with Crippen molar-refractivity contribution >= 4 is 29.0 Å². The van der Waals surface area contributed by atoms with Crippen LogP contribution in [0.3, 0.4) is 0 Å². The van der Waals surface area contributed by atoms with Gasteiger partial charge in [0.15, 0.2) is 6.61 Å². The maximum Gasteiger partial charge on any atom is 0.410 e. The summed E-state index contributed by atoms with van der Waals surface area (Å²) in [4.78, 5) is 31.6. The molecular weight excluding hydrogens is 400 g/mol. The highest BCUT2D eigenvalue weighted by Crippen LogP contribution is 2.31. The zero-order valence-electron chi connectivity index (χ0n) is 15.7. The summed E-state index contributed by atoms with van der Waals surface area (Å²) in [6.45, 7) is 0.966. The van der Waals surface area contributed by atoms with Crippen molar-refractivity contribution < 1.29 is 23.1 Å². The van der Waals surface area contributed by atoms with Crippen LogP contribution >= 0.6 is 11.3 Å². The van der Waals surface area contributed by atoms with Gasteiger partial charge >= 0.3 is 6.09 Å². The molecule has 9 heteroatoms. The second-order valence-electron chi connectivity index (χ2n) is 6.55. The van der Waals surface area contributed by atoms with Crippen LogP contribution in [0.15, 0.2) is 23.6 Å². The number of anilines is 1. The van der Waals surface area contributed by atoms with Gasteiger partial charge in [-0.3, -0.25) is 4.79 Å². The van der Waals surface area contributed by atoms with Gasteiger partial charge in [0.1, 0.15) is 17.3 Å². The molecule has 0 unspecified atom stereocenters. The van der Waals surface area contributed by atoms with Crippen molar-refractivity contribution in [3.05, 3.63) is 45.9 Å². The average molecular weight is 419 g/mol. The molecule has 1 fully saturated rings. The minimum absolute atomic E-state index is 0.0234. The van der Waals surface area contributed by atoms with E-state index in [0.717, 1.165) is 22.0 Å². The van der Waals surface area contributed by atoms with Crippen LogP contribution < -0.4 is 4.90 Å². The molecule has 152 valence electrons. The van der Waals surface area contributed by atoms with Crippen LogP contribution in [0.1, 0.15) is 34.3 Å². The highest BCUT2D eigenvalue weighted by molar-refractivity contribution is 7.10. The number of hydrogen-bond donors (Lipinski definition) is 0. The van der Waals surface area contributed by atoms with Crippen molar-refractivity contribution in [2.24, 2.45) is 0 Å². The molecule has 2 heterocycles. The molecule has 1 aliphatic heterocycles. The number of aromatic nitrogens is 1. The fourth-order valence-corrected chi connectivity index (χ4v) is 4.08. The van der Waals surface area contributed by atoms with Crippen LogP contribution in [0.4, 0.5) is 19.3 Å². The minimum atomic E-state index is -0.819. The quantitative estimate of drug-likeness (QED) is 0.710. The third kappa shape index (κ3) is 4.71. The Morgan fingerprint density at radius 2 is 2.10 bits per heavy atom. The summed E-state index contributed by atoms with van der Waals surface area (Å²) >= 11 is 1.35. The van der Waals surface area contributed by atoms with Gasteiger partial charge in [0.05, 0.1) is 10.7 Å². The molecular formula is C20H19F2N3O3S. The molecule has 6 nitrogen and oxygen atoms in total. The second-order valence-corrected chi connectivity index (χ2v) is 7.44. The van der Waals surface area contributed by atoms with Gasteiger partial charge in [-0.1, -0.05) is 5.92 Å². The van der Waals surface area contributed by atoms with Gasteiger partial charge < -0.3 is 14.5 Å². The number of thiazole rings is 1. The molecule has 1 aromatic carbocycles. The Hall–Kier alpha value is -2.99. The Morgan fingerprint density at radius 3 is 2.76 bits per heavy atom. The number of terminal acetylenes is 1. The topological polar surface area (TPSA) is 62.7 Å².